The summed E-state index contributed by atoms with van der Waals surface area (Å²) >= 11 is 0. The van der Waals surface area contributed by atoms with Gasteiger partial charge >= 0.3 is 0 Å². The van der Waals surface area contributed by atoms with Crippen LogP contribution in [0.5, 0.6) is 0 Å². The van der Waals surface area contributed by atoms with E-state index in [0.29, 0.717) is 11.6 Å². The Morgan fingerprint density at radius 2 is 2.31 bits per heavy atom. The molecular weight excluding hydrogens is 200 g/mol. The van der Waals surface area contributed by atoms with Crippen molar-refractivity contribution in [2.75, 3.05) is 11.4 Å². The Bertz CT molecular complexity index is 412. The number of pyridine rings is 1. The molecule has 0 N–H and O–H groups in total. The molecule has 0 amide bonds. The summed E-state index contributed by atoms with van der Waals surface area (Å²) < 4.78 is 0. The van der Waals surface area contributed by atoms with E-state index in [1.54, 1.807) is 13.1 Å². The number of hydrogen-bond donors (Lipinski definition) is 0. The van der Waals surface area contributed by atoms with Gasteiger partial charge in [0.1, 0.15) is 5.82 Å². The highest BCUT2D eigenvalue weighted by molar-refractivity contribution is 5.93. The molecule has 2 atom stereocenters. The topological polar surface area (TPSA) is 33.2 Å². The Kier molecular flexibility index (Phi) is 2.20. The van der Waals surface area contributed by atoms with Crippen LogP contribution in [0.2, 0.25) is 0 Å². The van der Waals surface area contributed by atoms with E-state index in [1.165, 1.54) is 19.3 Å². The summed E-state index contributed by atoms with van der Waals surface area (Å²) in [6.07, 6.45) is 5.72. The summed E-state index contributed by atoms with van der Waals surface area (Å²) in [5.41, 5.74) is 0.702. The molecular formula is C13H16N2O. The van der Waals surface area contributed by atoms with Crippen LogP contribution in [0.1, 0.15) is 36.5 Å². The maximum absolute atomic E-state index is 11.2. The number of carbonyl (C=O) groups excluding carboxylic acids is 1. The van der Waals surface area contributed by atoms with E-state index in [4.69, 9.17) is 0 Å². The van der Waals surface area contributed by atoms with Crippen LogP contribution in [0, 0.1) is 5.92 Å². The smallest absolute Gasteiger partial charge is 0.161 e. The first kappa shape index (κ1) is 9.82. The molecule has 3 heteroatoms. The lowest BCUT2D eigenvalue weighted by atomic mass is 10.1. The van der Waals surface area contributed by atoms with Gasteiger partial charge in [0.25, 0.3) is 0 Å². The summed E-state index contributed by atoms with van der Waals surface area (Å²) in [7, 11) is 0. The predicted octanol–water partition coefficient (Wildman–Crippen LogP) is 2.27. The van der Waals surface area contributed by atoms with Crippen molar-refractivity contribution >= 4 is 11.6 Å². The first-order chi connectivity index (χ1) is 7.74. The van der Waals surface area contributed by atoms with Gasteiger partial charge in [0.2, 0.25) is 0 Å². The molecule has 0 radical (unpaired) electrons. The van der Waals surface area contributed by atoms with Crippen LogP contribution >= 0.6 is 0 Å². The lowest BCUT2D eigenvalue weighted by Crippen LogP contribution is -2.32. The van der Waals surface area contributed by atoms with Crippen molar-refractivity contribution in [1.29, 1.82) is 0 Å². The van der Waals surface area contributed by atoms with E-state index in [9.17, 15) is 4.79 Å². The third-order valence-corrected chi connectivity index (χ3v) is 3.86. The minimum absolute atomic E-state index is 0.0852. The number of hydrogen-bond acceptors (Lipinski definition) is 3. The normalized spacial score (nSPS) is 27.4. The van der Waals surface area contributed by atoms with Gasteiger partial charge < -0.3 is 4.90 Å². The molecule has 2 unspecified atom stereocenters. The molecule has 1 saturated carbocycles. The fraction of sp³-hybridized carbons (Fsp3) is 0.538. The molecule has 3 rings (SSSR count). The van der Waals surface area contributed by atoms with Gasteiger partial charge in [0.05, 0.1) is 0 Å². The molecule has 1 aromatic rings. The average Bonchev–Trinajstić information content (AvgIpc) is 2.91. The standard InChI is InChI=1S/C13H16N2O/c1-9(16)11-3-5-13(14-7-11)15-8-10-2-4-12(15)6-10/h3,5,7,10,12H,2,4,6,8H2,1H3. The van der Waals surface area contributed by atoms with Crippen molar-refractivity contribution in [3.63, 3.8) is 0 Å². The van der Waals surface area contributed by atoms with Crippen molar-refractivity contribution in [2.45, 2.75) is 32.2 Å². The largest absolute Gasteiger partial charge is 0.353 e. The molecule has 1 saturated heterocycles. The van der Waals surface area contributed by atoms with Gasteiger partial charge in [-0.15, -0.1) is 0 Å². The van der Waals surface area contributed by atoms with Crippen LogP contribution in [0.25, 0.3) is 0 Å². The van der Waals surface area contributed by atoms with Gasteiger partial charge in [0.15, 0.2) is 5.78 Å². The summed E-state index contributed by atoms with van der Waals surface area (Å²) in [5, 5.41) is 0. The summed E-state index contributed by atoms with van der Waals surface area (Å²) in [6.45, 7) is 2.73. The Morgan fingerprint density at radius 1 is 1.44 bits per heavy atom. The molecule has 16 heavy (non-hydrogen) atoms. The molecule has 1 aliphatic heterocycles. The molecule has 1 aliphatic carbocycles. The lowest BCUT2D eigenvalue weighted by molar-refractivity contribution is 0.101. The number of nitrogens with zero attached hydrogens (tertiary/aromatic N) is 2. The first-order valence-corrected chi connectivity index (χ1v) is 5.97. The number of anilines is 1. The van der Waals surface area contributed by atoms with E-state index in [0.717, 1.165) is 18.3 Å². The van der Waals surface area contributed by atoms with Gasteiger partial charge in [-0.2, -0.15) is 0 Å². The number of ketones is 1. The van der Waals surface area contributed by atoms with Gasteiger partial charge in [-0.25, -0.2) is 4.98 Å². The van der Waals surface area contributed by atoms with E-state index in [1.807, 2.05) is 12.1 Å². The number of rotatable bonds is 2. The van der Waals surface area contributed by atoms with Crippen molar-refractivity contribution in [3.05, 3.63) is 23.9 Å². The average molecular weight is 216 g/mol. The van der Waals surface area contributed by atoms with Crippen molar-refractivity contribution in [3.8, 4) is 0 Å². The van der Waals surface area contributed by atoms with Gasteiger partial charge in [-0.05, 0) is 44.2 Å². The number of Topliss-reactive ketones (excluding diaryl/α,β-unsaturated/α-hetero) is 1. The van der Waals surface area contributed by atoms with Gasteiger partial charge in [-0.3, -0.25) is 4.79 Å². The van der Waals surface area contributed by atoms with E-state index >= 15 is 0 Å². The predicted molar refractivity (Wildman–Crippen MR) is 62.7 cm³/mol. The van der Waals surface area contributed by atoms with Crippen LogP contribution in [0.4, 0.5) is 5.82 Å². The fourth-order valence-electron chi connectivity index (χ4n) is 2.97. The van der Waals surface area contributed by atoms with E-state index < -0.39 is 0 Å². The van der Waals surface area contributed by atoms with Crippen LogP contribution in [0.15, 0.2) is 18.3 Å². The zero-order chi connectivity index (χ0) is 11.1. The quantitative estimate of drug-likeness (QED) is 0.711. The second-order valence-electron chi connectivity index (χ2n) is 4.95. The molecule has 84 valence electrons. The third-order valence-electron chi connectivity index (χ3n) is 3.86. The molecule has 2 bridgehead atoms. The van der Waals surface area contributed by atoms with Gasteiger partial charge in [-0.1, -0.05) is 0 Å². The SMILES string of the molecule is CC(=O)c1ccc(N2CC3CCC2C3)nc1. The summed E-state index contributed by atoms with van der Waals surface area (Å²) in [5.74, 6) is 2.00. The van der Waals surface area contributed by atoms with Crippen LogP contribution < -0.4 is 4.90 Å². The van der Waals surface area contributed by atoms with Crippen LogP contribution in [-0.2, 0) is 0 Å². The maximum Gasteiger partial charge on any atom is 0.161 e. The number of aromatic nitrogens is 1. The second kappa shape index (κ2) is 3.58. The number of fused-ring (bicyclic) bond motifs is 2. The Morgan fingerprint density at radius 3 is 2.81 bits per heavy atom. The monoisotopic (exact) mass is 216 g/mol. The van der Waals surface area contributed by atoms with Crippen LogP contribution in [0.3, 0.4) is 0 Å². The minimum atomic E-state index is 0.0852. The highest BCUT2D eigenvalue weighted by Crippen LogP contribution is 2.39. The summed E-state index contributed by atoms with van der Waals surface area (Å²) in [4.78, 5) is 18.0. The molecule has 0 aromatic carbocycles. The highest BCUT2D eigenvalue weighted by atomic mass is 16.1. The second-order valence-corrected chi connectivity index (χ2v) is 4.95. The van der Waals surface area contributed by atoms with Gasteiger partial charge in [0, 0.05) is 24.3 Å². The van der Waals surface area contributed by atoms with E-state index in [2.05, 4.69) is 9.88 Å². The van der Waals surface area contributed by atoms with Crippen molar-refractivity contribution in [2.24, 2.45) is 5.92 Å². The first-order valence-electron chi connectivity index (χ1n) is 5.97. The number of piperidine rings is 1. The molecule has 2 aliphatic rings. The third kappa shape index (κ3) is 1.51. The summed E-state index contributed by atoms with van der Waals surface area (Å²) in [6, 6.07) is 4.56. The minimum Gasteiger partial charge on any atom is -0.353 e. The van der Waals surface area contributed by atoms with Crippen LogP contribution in [-0.4, -0.2) is 23.4 Å². The maximum atomic E-state index is 11.2. The highest BCUT2D eigenvalue weighted by Gasteiger charge is 2.38. The molecule has 2 heterocycles. The fourth-order valence-corrected chi connectivity index (χ4v) is 2.97. The zero-order valence-corrected chi connectivity index (χ0v) is 9.52. The molecule has 2 fully saturated rings. The van der Waals surface area contributed by atoms with Crippen molar-refractivity contribution in [1.82, 2.24) is 4.98 Å². The lowest BCUT2D eigenvalue weighted by Gasteiger charge is -2.27. The Hall–Kier alpha value is -1.38. The number of carbonyl (C=O) groups is 1. The molecule has 3 nitrogen and oxygen atoms in total. The Labute approximate surface area is 95.5 Å². The molecule has 1 aromatic heterocycles. The van der Waals surface area contributed by atoms with E-state index in [-0.39, 0.29) is 5.78 Å². The zero-order valence-electron chi connectivity index (χ0n) is 9.52. The van der Waals surface area contributed by atoms with Crippen molar-refractivity contribution < 1.29 is 4.79 Å². The Balaban J connectivity index is 1.82. The molecule has 0 spiro atoms.